The van der Waals surface area contributed by atoms with Gasteiger partial charge in [-0.3, -0.25) is 0 Å². The van der Waals surface area contributed by atoms with E-state index in [2.05, 4.69) is 0 Å². The van der Waals surface area contributed by atoms with Gasteiger partial charge in [-0.25, -0.2) is 0 Å². The van der Waals surface area contributed by atoms with Gasteiger partial charge in [-0.2, -0.15) is 0 Å². The summed E-state index contributed by atoms with van der Waals surface area (Å²) in [6.45, 7) is -8.14. The van der Waals surface area contributed by atoms with Crippen LogP contribution in [0.5, 0.6) is 0 Å². The zero-order valence-electron chi connectivity index (χ0n) is 41.0. The second-order valence-corrected chi connectivity index (χ2v) is 20.0. The standard InChI is InChI=1S/C42H70O37/c43-1-8-15(50)34(62)41(63,64)42(65,78-8)79-33-26(61)40-71-14(7-49)32(33)77-39-25(60)20(55)30(12(5-47)70-39)75-37-23(58)18(53)28(10(3-45)68-37)73-35-21(56)16(51)27(9(2-44)66-35)72-36-22(57)17(52)29(11(4-46)67-36)74-38-24(59)19(54)31(76-40)13(6-48)69-38/h8-40,43-65H,1-7H2/t8-,9-,10-,11-,12-,13-,14-,15-,16-,17-,18-,19-,20-,21-,22-,23-,24-,25-,26-,27-,28-,29-,30-,31-,32+,33-,34+,35-,36-,37-,38-,39-,40-,42?/m1/s1. The summed E-state index contributed by atoms with van der Waals surface area (Å²) >= 11 is 0. The summed E-state index contributed by atoms with van der Waals surface area (Å²) in [6, 6.07) is 0. The van der Waals surface area contributed by atoms with Crippen molar-refractivity contribution in [1.82, 2.24) is 0 Å². The maximum atomic E-state index is 12.0. The Morgan fingerprint density at radius 1 is 0.266 bits per heavy atom. The lowest BCUT2D eigenvalue weighted by molar-refractivity contribution is -0.541. The van der Waals surface area contributed by atoms with Gasteiger partial charge in [-0.1, -0.05) is 0 Å². The molecule has 23 heterocycles. The van der Waals surface area contributed by atoms with Crippen LogP contribution in [0.2, 0.25) is 0 Å². The molecule has 0 saturated carbocycles. The van der Waals surface area contributed by atoms with E-state index in [4.69, 9.17) is 66.3 Å². The number of aliphatic hydroxyl groups excluding tert-OH is 20. The number of hydrogen-bond acceptors (Lipinski definition) is 37. The highest BCUT2D eigenvalue weighted by atomic mass is 16.9. The van der Waals surface area contributed by atoms with Gasteiger partial charge >= 0.3 is 5.97 Å². The molecule has 23 saturated heterocycles. The molecule has 23 aliphatic rings. The predicted octanol–water partition coefficient (Wildman–Crippen LogP) is -16.6. The molecule has 460 valence electrons. The van der Waals surface area contributed by atoms with Crippen LogP contribution in [0.15, 0.2) is 0 Å². The van der Waals surface area contributed by atoms with Crippen LogP contribution in [0.4, 0.5) is 0 Å². The fourth-order valence-electron chi connectivity index (χ4n) is 10.5. The SMILES string of the molecule is OC[C@H]1OC(O)(O[C@@H]2[C@@H](O)[C@H]3O[C@H]4[C@H](O)[C@@H](O)[C@@H](O[C@H]5[C@H](O)[C@@H](O)[C@@H](O[C@H]6[C@H](O)[C@@H](O)[C@@H](O[C@H]7[C@H](O)[C@@H](O)[C@@H](O[C@H]8[C@H](O)[C@@H](O)[C@@H](O[C@H]2[C@@H](CO)O3)O[C@@H]8CO)O[C@@H]7CO)O[C@@H]6CO)O[C@@H]5CO)O[C@@H]4CO)C(O)(O)[C@@H](O)[C@@H]1O. The summed E-state index contributed by atoms with van der Waals surface area (Å²) in [5.74, 6) is -8.21. The molecule has 12 bridgehead atoms. The molecule has 0 aromatic rings. The molecule has 23 rings (SSSR count). The minimum atomic E-state index is -4.13. The van der Waals surface area contributed by atoms with Crippen LogP contribution in [0, 0.1) is 0 Å². The monoisotopic (exact) mass is 1170 g/mol. The maximum absolute atomic E-state index is 12.0. The molecule has 34 atom stereocenters. The number of rotatable bonds is 9. The van der Waals surface area contributed by atoms with Crippen LogP contribution in [0.1, 0.15) is 0 Å². The normalized spacial score (nSPS) is 54.8. The quantitative estimate of drug-likeness (QED) is 0.0953. The minimum absolute atomic E-state index is 1.05. The lowest BCUT2D eigenvalue weighted by Gasteiger charge is -2.53. The van der Waals surface area contributed by atoms with E-state index in [1.165, 1.54) is 0 Å². The molecule has 0 aliphatic carbocycles. The van der Waals surface area contributed by atoms with Gasteiger partial charge in [0.15, 0.2) is 37.7 Å². The van der Waals surface area contributed by atoms with Gasteiger partial charge in [0.05, 0.1) is 46.2 Å². The fraction of sp³-hybridized carbons (Fsp3) is 1.00. The van der Waals surface area contributed by atoms with Crippen molar-refractivity contribution < 1.29 is 184 Å². The topological polar surface area (TPSA) is 595 Å². The molecule has 0 aromatic carbocycles. The summed E-state index contributed by atoms with van der Waals surface area (Å²) in [4.78, 5) is 0. The molecule has 0 radical (unpaired) electrons. The van der Waals surface area contributed by atoms with E-state index in [0.717, 1.165) is 0 Å². The Morgan fingerprint density at radius 3 is 0.747 bits per heavy atom. The molecule has 37 nitrogen and oxygen atoms in total. The summed E-state index contributed by atoms with van der Waals surface area (Å²) in [5, 5.41) is 253. The van der Waals surface area contributed by atoms with E-state index in [9.17, 15) is 117 Å². The summed E-state index contributed by atoms with van der Waals surface area (Å²) in [7, 11) is 0. The maximum Gasteiger partial charge on any atom is 0.341 e. The van der Waals surface area contributed by atoms with E-state index in [0.29, 0.717) is 0 Å². The Morgan fingerprint density at radius 2 is 0.494 bits per heavy atom. The van der Waals surface area contributed by atoms with Crippen LogP contribution in [-0.4, -0.2) is 378 Å². The van der Waals surface area contributed by atoms with E-state index < -0.39 is 261 Å². The first-order chi connectivity index (χ1) is 37.3. The lowest BCUT2D eigenvalue weighted by atomic mass is 9.93. The van der Waals surface area contributed by atoms with Crippen LogP contribution in [0.25, 0.3) is 0 Å². The Hall–Kier alpha value is -1.48. The van der Waals surface area contributed by atoms with E-state index in [1.807, 2.05) is 0 Å². The van der Waals surface area contributed by atoms with Gasteiger partial charge in [0.1, 0.15) is 165 Å². The first-order valence-electron chi connectivity index (χ1n) is 24.8. The van der Waals surface area contributed by atoms with E-state index in [-0.39, 0.29) is 0 Å². The summed E-state index contributed by atoms with van der Waals surface area (Å²) in [5.41, 5.74) is 0. The zero-order valence-corrected chi connectivity index (χ0v) is 41.0. The second kappa shape index (κ2) is 25.6. The van der Waals surface area contributed by atoms with Crippen molar-refractivity contribution >= 4 is 0 Å². The predicted molar refractivity (Wildman–Crippen MR) is 231 cm³/mol. The van der Waals surface area contributed by atoms with Crippen molar-refractivity contribution in [2.75, 3.05) is 46.2 Å². The largest absolute Gasteiger partial charge is 0.394 e. The van der Waals surface area contributed by atoms with Crippen LogP contribution >= 0.6 is 0 Å². The molecule has 37 heteroatoms. The van der Waals surface area contributed by atoms with Gasteiger partial charge in [0, 0.05) is 0 Å². The van der Waals surface area contributed by atoms with Crippen LogP contribution in [0.3, 0.4) is 0 Å². The van der Waals surface area contributed by atoms with Crippen molar-refractivity contribution in [3.8, 4) is 0 Å². The third-order valence-corrected chi connectivity index (χ3v) is 15.0. The third kappa shape index (κ3) is 11.8. The van der Waals surface area contributed by atoms with Crippen molar-refractivity contribution in [3.63, 3.8) is 0 Å². The molecular formula is C42H70O37. The van der Waals surface area contributed by atoms with Gasteiger partial charge in [-0.05, 0) is 0 Å². The molecule has 0 spiro atoms. The highest BCUT2D eigenvalue weighted by Gasteiger charge is 2.68. The Kier molecular flexibility index (Phi) is 20.6. The number of ether oxygens (including phenoxy) is 14. The number of hydrogen-bond donors (Lipinski definition) is 23. The average molecular weight is 1170 g/mol. The molecule has 0 aromatic heterocycles. The van der Waals surface area contributed by atoms with Crippen molar-refractivity contribution in [2.24, 2.45) is 0 Å². The molecule has 0 amide bonds. The lowest BCUT2D eigenvalue weighted by Crippen LogP contribution is -2.76. The molecule has 23 N–H and O–H groups in total. The third-order valence-electron chi connectivity index (χ3n) is 15.0. The van der Waals surface area contributed by atoms with E-state index >= 15 is 0 Å². The number of aliphatic hydroxyl groups is 23. The summed E-state index contributed by atoms with van der Waals surface area (Å²) < 4.78 is 79.1. The minimum Gasteiger partial charge on any atom is -0.394 e. The highest BCUT2D eigenvalue weighted by molar-refractivity contribution is 5.04. The molecule has 23 fully saturated rings. The van der Waals surface area contributed by atoms with E-state index in [1.54, 1.807) is 0 Å². The van der Waals surface area contributed by atoms with Gasteiger partial charge < -0.3 is 184 Å². The fourth-order valence-corrected chi connectivity index (χ4v) is 10.5. The Balaban J connectivity index is 1.16. The Bertz CT molecular complexity index is 1920. The van der Waals surface area contributed by atoms with Gasteiger partial charge in [-0.15, -0.1) is 0 Å². The van der Waals surface area contributed by atoms with Crippen molar-refractivity contribution in [3.05, 3.63) is 0 Å². The van der Waals surface area contributed by atoms with Crippen LogP contribution < -0.4 is 0 Å². The highest BCUT2D eigenvalue weighted by Crippen LogP contribution is 2.43. The molecule has 79 heavy (non-hydrogen) atoms. The molecule has 1 unspecified atom stereocenters. The van der Waals surface area contributed by atoms with Crippen molar-refractivity contribution in [1.29, 1.82) is 0 Å². The van der Waals surface area contributed by atoms with Gasteiger partial charge in [0.25, 0.3) is 5.79 Å². The first-order valence-corrected chi connectivity index (χ1v) is 24.8. The smallest absolute Gasteiger partial charge is 0.341 e. The Labute approximate surface area is 444 Å². The van der Waals surface area contributed by atoms with Gasteiger partial charge in [0.2, 0.25) is 0 Å². The first kappa shape index (κ1) is 63.5. The zero-order chi connectivity index (χ0) is 57.9. The average Bonchev–Trinajstić information content (AvgIpc) is 3.47. The molecular weight excluding hydrogens is 1100 g/mol. The van der Waals surface area contributed by atoms with Crippen LogP contribution in [-0.2, 0) is 66.3 Å². The summed E-state index contributed by atoms with van der Waals surface area (Å²) in [6.07, 6.45) is -71.9. The molecule has 23 aliphatic heterocycles. The second-order valence-electron chi connectivity index (χ2n) is 20.0. The van der Waals surface area contributed by atoms with Crippen molar-refractivity contribution in [2.45, 2.75) is 214 Å².